The van der Waals surface area contributed by atoms with Gasteiger partial charge in [-0.1, -0.05) is 25.7 Å². The molecule has 1 spiro atoms. The van der Waals surface area contributed by atoms with Gasteiger partial charge in [-0.15, -0.1) is 0 Å². The summed E-state index contributed by atoms with van der Waals surface area (Å²) in [6, 6.07) is 0. The highest BCUT2D eigenvalue weighted by atomic mass is 16.1. The second-order valence-electron chi connectivity index (χ2n) is 5.27. The van der Waals surface area contributed by atoms with Crippen molar-refractivity contribution in [2.24, 2.45) is 15.4 Å². The smallest absolute Gasteiger partial charge is 0.211 e. The van der Waals surface area contributed by atoms with E-state index in [2.05, 4.69) is 9.98 Å². The maximum absolute atomic E-state index is 10.7. The van der Waals surface area contributed by atoms with Gasteiger partial charge >= 0.3 is 0 Å². The van der Waals surface area contributed by atoms with Crippen LogP contribution in [0, 0.1) is 5.41 Å². The molecule has 0 radical (unpaired) electrons. The summed E-state index contributed by atoms with van der Waals surface area (Å²) in [6.07, 6.45) is 12.6. The van der Waals surface area contributed by atoms with E-state index in [1.807, 2.05) is 0 Å². The topological polar surface area (TPSA) is 58.9 Å². The Labute approximate surface area is 101 Å². The van der Waals surface area contributed by atoms with Crippen LogP contribution >= 0.6 is 0 Å². The van der Waals surface area contributed by atoms with Crippen molar-refractivity contribution in [2.75, 3.05) is 0 Å². The lowest BCUT2D eigenvalue weighted by molar-refractivity contribution is 0.0285. The second-order valence-corrected chi connectivity index (χ2v) is 5.27. The fraction of sp³-hybridized carbons (Fsp3) is 0.846. The van der Waals surface area contributed by atoms with Crippen LogP contribution in [0.1, 0.15) is 57.8 Å². The zero-order chi connectivity index (χ0) is 12.2. The van der Waals surface area contributed by atoms with Gasteiger partial charge in [-0.3, -0.25) is 0 Å². The number of nitrogens with zero attached hydrogens (tertiary/aromatic N) is 2. The summed E-state index contributed by atoms with van der Waals surface area (Å²) < 4.78 is 0. The number of carbonyl (C=O) groups excluding carboxylic acids is 2. The zero-order valence-electron chi connectivity index (χ0n) is 10.1. The average molecular weight is 234 g/mol. The van der Waals surface area contributed by atoms with Gasteiger partial charge in [-0.05, 0) is 32.1 Å². The van der Waals surface area contributed by atoms with Gasteiger partial charge in [0.05, 0.1) is 0 Å². The monoisotopic (exact) mass is 234 g/mol. The van der Waals surface area contributed by atoms with Crippen molar-refractivity contribution >= 4 is 12.2 Å². The van der Waals surface area contributed by atoms with Crippen molar-refractivity contribution in [3.8, 4) is 0 Å². The van der Waals surface area contributed by atoms with E-state index in [1.54, 1.807) is 12.2 Å². The Bertz CT molecular complexity index is 347. The molecule has 0 aromatic heterocycles. The first kappa shape index (κ1) is 12.2. The number of aliphatic imine (C=N–C) groups is 2. The Kier molecular flexibility index (Phi) is 3.56. The molecule has 17 heavy (non-hydrogen) atoms. The predicted octanol–water partition coefficient (Wildman–Crippen LogP) is 2.88. The fourth-order valence-corrected chi connectivity index (χ4v) is 3.70. The molecular weight excluding hydrogens is 216 g/mol. The van der Waals surface area contributed by atoms with E-state index >= 15 is 0 Å². The summed E-state index contributed by atoms with van der Waals surface area (Å²) in [5.41, 5.74) is -0.937. The first-order chi connectivity index (χ1) is 8.29. The molecule has 0 N–H and O–H groups in total. The average Bonchev–Trinajstić information content (AvgIpc) is 2.35. The Morgan fingerprint density at radius 2 is 1.18 bits per heavy atom. The minimum absolute atomic E-state index is 0.0850. The van der Waals surface area contributed by atoms with Gasteiger partial charge in [0, 0.05) is 5.41 Å². The summed E-state index contributed by atoms with van der Waals surface area (Å²) in [7, 11) is 0. The lowest BCUT2D eigenvalue weighted by Crippen LogP contribution is -2.49. The molecule has 0 unspecified atom stereocenters. The summed E-state index contributed by atoms with van der Waals surface area (Å²) in [4.78, 5) is 29.3. The first-order valence-corrected chi connectivity index (χ1v) is 6.47. The molecule has 0 atom stereocenters. The summed E-state index contributed by atoms with van der Waals surface area (Å²) in [6.45, 7) is 0. The molecule has 0 aliphatic heterocycles. The maximum Gasteiger partial charge on any atom is 0.237 e. The minimum atomic E-state index is -0.852. The third-order valence-electron chi connectivity index (χ3n) is 4.55. The third-order valence-corrected chi connectivity index (χ3v) is 4.55. The Morgan fingerprint density at radius 3 is 1.71 bits per heavy atom. The largest absolute Gasteiger partial charge is 0.237 e. The molecule has 0 saturated heterocycles. The van der Waals surface area contributed by atoms with Crippen molar-refractivity contribution in [1.29, 1.82) is 0 Å². The highest BCUT2D eigenvalue weighted by Crippen LogP contribution is 2.55. The summed E-state index contributed by atoms with van der Waals surface area (Å²) in [5.74, 6) is 0. The van der Waals surface area contributed by atoms with Crippen LogP contribution in [0.5, 0.6) is 0 Å². The molecule has 0 amide bonds. The minimum Gasteiger partial charge on any atom is -0.211 e. The quantitative estimate of drug-likeness (QED) is 0.545. The van der Waals surface area contributed by atoms with E-state index in [0.29, 0.717) is 6.42 Å². The van der Waals surface area contributed by atoms with Crippen LogP contribution in [0.4, 0.5) is 0 Å². The highest BCUT2D eigenvalue weighted by Gasteiger charge is 2.53. The number of isocyanates is 2. The normalized spacial score (nSPS) is 31.3. The van der Waals surface area contributed by atoms with Crippen molar-refractivity contribution in [3.63, 3.8) is 0 Å². The van der Waals surface area contributed by atoms with E-state index in [9.17, 15) is 9.59 Å². The third kappa shape index (κ3) is 1.99. The van der Waals surface area contributed by atoms with Gasteiger partial charge in [0.25, 0.3) is 0 Å². The molecule has 4 heteroatoms. The van der Waals surface area contributed by atoms with Crippen molar-refractivity contribution in [2.45, 2.75) is 63.5 Å². The Morgan fingerprint density at radius 1 is 0.706 bits per heavy atom. The molecule has 2 fully saturated rings. The molecule has 2 rings (SSSR count). The van der Waals surface area contributed by atoms with E-state index in [-0.39, 0.29) is 5.41 Å². The van der Waals surface area contributed by atoms with Crippen molar-refractivity contribution < 1.29 is 9.59 Å². The van der Waals surface area contributed by atoms with Gasteiger partial charge < -0.3 is 0 Å². The second kappa shape index (κ2) is 4.95. The van der Waals surface area contributed by atoms with Gasteiger partial charge in [0.1, 0.15) is 0 Å². The van der Waals surface area contributed by atoms with Crippen LogP contribution in [0.15, 0.2) is 9.98 Å². The molecule has 2 saturated carbocycles. The van der Waals surface area contributed by atoms with Gasteiger partial charge in [0.15, 0.2) is 5.66 Å². The van der Waals surface area contributed by atoms with E-state index < -0.39 is 5.66 Å². The molecule has 2 aliphatic rings. The molecule has 0 aromatic rings. The van der Waals surface area contributed by atoms with Crippen molar-refractivity contribution in [1.82, 2.24) is 0 Å². The lowest BCUT2D eigenvalue weighted by Gasteiger charge is -2.49. The van der Waals surface area contributed by atoms with Gasteiger partial charge in [0.2, 0.25) is 12.2 Å². The SMILES string of the molecule is O=C=NC1(N=C=O)CCCCC12CCCCC2. The number of hydrogen-bond acceptors (Lipinski definition) is 4. The van der Waals surface area contributed by atoms with Crippen molar-refractivity contribution in [3.05, 3.63) is 0 Å². The molecule has 2 aliphatic carbocycles. The highest BCUT2D eigenvalue weighted by molar-refractivity contribution is 5.40. The van der Waals surface area contributed by atoms with Crippen LogP contribution in [0.25, 0.3) is 0 Å². The summed E-state index contributed by atoms with van der Waals surface area (Å²) >= 11 is 0. The molecule has 4 nitrogen and oxygen atoms in total. The van der Waals surface area contributed by atoms with Crippen LogP contribution in [0.2, 0.25) is 0 Å². The van der Waals surface area contributed by atoms with Crippen LogP contribution in [-0.2, 0) is 9.59 Å². The van der Waals surface area contributed by atoms with E-state index in [1.165, 1.54) is 6.42 Å². The van der Waals surface area contributed by atoms with E-state index in [0.717, 1.165) is 44.9 Å². The molecule has 0 aromatic carbocycles. The van der Waals surface area contributed by atoms with E-state index in [4.69, 9.17) is 0 Å². The molecule has 0 heterocycles. The Hall–Kier alpha value is -1.24. The first-order valence-electron chi connectivity index (χ1n) is 6.47. The van der Waals surface area contributed by atoms with Crippen LogP contribution in [0.3, 0.4) is 0 Å². The standard InChI is InChI=1S/C13H18N2O2/c16-10-14-13(15-11-17)9-5-4-8-12(13)6-2-1-3-7-12/h1-9H2. The van der Waals surface area contributed by atoms with Gasteiger partial charge in [-0.2, -0.15) is 9.98 Å². The van der Waals surface area contributed by atoms with Crippen LogP contribution in [-0.4, -0.2) is 17.8 Å². The number of hydrogen-bond donors (Lipinski definition) is 0. The molecule has 0 bridgehead atoms. The predicted molar refractivity (Wildman–Crippen MR) is 63.0 cm³/mol. The van der Waals surface area contributed by atoms with Crippen LogP contribution < -0.4 is 0 Å². The Balaban J connectivity index is 2.43. The molecular formula is C13H18N2O2. The maximum atomic E-state index is 10.7. The zero-order valence-corrected chi connectivity index (χ0v) is 10.1. The molecule has 92 valence electrons. The summed E-state index contributed by atoms with van der Waals surface area (Å²) in [5, 5.41) is 0. The number of rotatable bonds is 2. The van der Waals surface area contributed by atoms with Gasteiger partial charge in [-0.25, -0.2) is 9.59 Å². The fourth-order valence-electron chi connectivity index (χ4n) is 3.70. The lowest BCUT2D eigenvalue weighted by atomic mass is 9.59.